The van der Waals surface area contributed by atoms with Crippen LogP contribution in [0.5, 0.6) is 0 Å². The molecular formula is C18H26N2. The van der Waals surface area contributed by atoms with Crippen molar-refractivity contribution in [1.82, 2.24) is 4.90 Å². The van der Waals surface area contributed by atoms with Crippen molar-refractivity contribution in [3.8, 4) is 0 Å². The summed E-state index contributed by atoms with van der Waals surface area (Å²) in [5, 5.41) is 3.44. The number of nitrogens with zero attached hydrogens (tertiary/aromatic N) is 1. The summed E-state index contributed by atoms with van der Waals surface area (Å²) in [4.78, 5) is 2.55. The number of benzene rings is 1. The van der Waals surface area contributed by atoms with E-state index in [-0.39, 0.29) is 0 Å². The summed E-state index contributed by atoms with van der Waals surface area (Å²) in [7, 11) is 2.30. The molecule has 3 atom stereocenters. The molecular weight excluding hydrogens is 244 g/mol. The number of fused-ring (bicyclic) bond motifs is 3. The second-order valence-electron chi connectivity index (χ2n) is 7.30. The number of anilines is 1. The van der Waals surface area contributed by atoms with Gasteiger partial charge in [0.2, 0.25) is 0 Å². The highest BCUT2D eigenvalue weighted by Crippen LogP contribution is 2.48. The molecule has 3 unspecified atom stereocenters. The van der Waals surface area contributed by atoms with E-state index in [2.05, 4.69) is 35.5 Å². The van der Waals surface area contributed by atoms with Gasteiger partial charge in [-0.25, -0.2) is 0 Å². The van der Waals surface area contributed by atoms with E-state index in [1.807, 2.05) is 0 Å². The zero-order chi connectivity index (χ0) is 13.5. The third-order valence-electron chi connectivity index (χ3n) is 5.76. The van der Waals surface area contributed by atoms with Crippen molar-refractivity contribution >= 4 is 5.69 Å². The first-order valence-corrected chi connectivity index (χ1v) is 8.32. The molecule has 2 heteroatoms. The molecule has 2 bridgehead atoms. The van der Waals surface area contributed by atoms with Crippen LogP contribution in [-0.4, -0.2) is 25.0 Å². The number of hydrogen-bond donors (Lipinski definition) is 1. The first kappa shape index (κ1) is 12.7. The summed E-state index contributed by atoms with van der Waals surface area (Å²) in [5.41, 5.74) is 4.35. The van der Waals surface area contributed by atoms with E-state index < -0.39 is 0 Å². The lowest BCUT2D eigenvalue weighted by Crippen LogP contribution is -2.28. The molecule has 0 aromatic heterocycles. The summed E-state index contributed by atoms with van der Waals surface area (Å²) >= 11 is 0. The van der Waals surface area contributed by atoms with E-state index in [9.17, 15) is 0 Å². The Labute approximate surface area is 122 Å². The molecule has 108 valence electrons. The third-order valence-corrected chi connectivity index (χ3v) is 5.76. The highest BCUT2D eigenvalue weighted by molar-refractivity contribution is 5.56. The number of rotatable bonds is 4. The van der Waals surface area contributed by atoms with Crippen LogP contribution in [0.25, 0.3) is 0 Å². The normalized spacial score (nSPS) is 30.8. The van der Waals surface area contributed by atoms with Gasteiger partial charge in [-0.15, -0.1) is 0 Å². The summed E-state index contributed by atoms with van der Waals surface area (Å²) < 4.78 is 0. The molecule has 2 saturated carbocycles. The maximum Gasteiger partial charge on any atom is 0.0373 e. The van der Waals surface area contributed by atoms with Crippen LogP contribution in [0.2, 0.25) is 0 Å². The molecule has 4 rings (SSSR count). The molecule has 0 spiro atoms. The van der Waals surface area contributed by atoms with Crippen LogP contribution in [0.4, 0.5) is 5.69 Å². The Morgan fingerprint density at radius 1 is 1.25 bits per heavy atom. The summed E-state index contributed by atoms with van der Waals surface area (Å²) in [6.07, 6.45) is 7.25. The zero-order valence-electron chi connectivity index (χ0n) is 12.6. The minimum Gasteiger partial charge on any atom is -0.384 e. The van der Waals surface area contributed by atoms with Gasteiger partial charge in [0.15, 0.2) is 0 Å². The molecule has 1 aliphatic heterocycles. The van der Waals surface area contributed by atoms with Crippen LogP contribution in [0.1, 0.15) is 36.8 Å². The molecule has 3 aliphatic rings. The highest BCUT2D eigenvalue weighted by atomic mass is 15.1. The maximum atomic E-state index is 3.44. The van der Waals surface area contributed by atoms with Crippen molar-refractivity contribution in [2.24, 2.45) is 17.8 Å². The van der Waals surface area contributed by atoms with Gasteiger partial charge in [0, 0.05) is 25.3 Å². The molecule has 2 aliphatic carbocycles. The van der Waals surface area contributed by atoms with Gasteiger partial charge < -0.3 is 10.2 Å². The van der Waals surface area contributed by atoms with E-state index in [0.717, 1.165) is 30.8 Å². The quantitative estimate of drug-likeness (QED) is 0.900. The van der Waals surface area contributed by atoms with Crippen LogP contribution < -0.4 is 5.32 Å². The van der Waals surface area contributed by atoms with Gasteiger partial charge >= 0.3 is 0 Å². The Morgan fingerprint density at radius 2 is 2.20 bits per heavy atom. The smallest absolute Gasteiger partial charge is 0.0373 e. The Kier molecular flexibility index (Phi) is 3.22. The number of hydrogen-bond acceptors (Lipinski definition) is 2. The van der Waals surface area contributed by atoms with E-state index in [1.165, 1.54) is 55.5 Å². The minimum atomic E-state index is 0.981. The Hall–Kier alpha value is -1.02. The van der Waals surface area contributed by atoms with Crippen LogP contribution in [0.15, 0.2) is 18.2 Å². The van der Waals surface area contributed by atoms with Gasteiger partial charge in [0.1, 0.15) is 0 Å². The fraction of sp³-hybridized carbons (Fsp3) is 0.667. The predicted molar refractivity (Wildman–Crippen MR) is 83.9 cm³/mol. The van der Waals surface area contributed by atoms with Gasteiger partial charge in [-0.2, -0.15) is 0 Å². The van der Waals surface area contributed by atoms with Crippen molar-refractivity contribution in [3.63, 3.8) is 0 Å². The van der Waals surface area contributed by atoms with Gasteiger partial charge in [0.05, 0.1) is 0 Å². The largest absolute Gasteiger partial charge is 0.384 e. The Balaban J connectivity index is 1.36. The minimum absolute atomic E-state index is 0.981. The molecule has 1 aromatic rings. The third kappa shape index (κ3) is 2.35. The lowest BCUT2D eigenvalue weighted by Gasteiger charge is -2.27. The van der Waals surface area contributed by atoms with Gasteiger partial charge in [-0.3, -0.25) is 0 Å². The van der Waals surface area contributed by atoms with Crippen molar-refractivity contribution < 1.29 is 0 Å². The van der Waals surface area contributed by atoms with Gasteiger partial charge in [-0.1, -0.05) is 18.6 Å². The molecule has 20 heavy (non-hydrogen) atoms. The summed E-state index contributed by atoms with van der Waals surface area (Å²) in [6, 6.07) is 6.98. The van der Waals surface area contributed by atoms with Crippen LogP contribution in [0.3, 0.4) is 0 Å². The predicted octanol–water partition coefficient (Wildman–Crippen LogP) is 3.52. The van der Waals surface area contributed by atoms with Gasteiger partial charge in [-0.05, 0) is 67.7 Å². The van der Waals surface area contributed by atoms with E-state index in [0.29, 0.717) is 0 Å². The molecule has 2 fully saturated rings. The first-order chi connectivity index (χ1) is 9.78. The average Bonchev–Trinajstić information content (AvgIpc) is 3.13. The molecule has 1 heterocycles. The summed E-state index contributed by atoms with van der Waals surface area (Å²) in [6.45, 7) is 3.53. The molecule has 0 amide bonds. The molecule has 0 saturated heterocycles. The fourth-order valence-electron chi connectivity index (χ4n) is 4.83. The van der Waals surface area contributed by atoms with Crippen molar-refractivity contribution in [2.75, 3.05) is 25.5 Å². The Bertz CT molecular complexity index is 496. The van der Waals surface area contributed by atoms with Crippen LogP contribution >= 0.6 is 0 Å². The van der Waals surface area contributed by atoms with E-state index in [1.54, 1.807) is 0 Å². The van der Waals surface area contributed by atoms with Crippen molar-refractivity contribution in [1.29, 1.82) is 0 Å². The Morgan fingerprint density at radius 3 is 3.00 bits per heavy atom. The van der Waals surface area contributed by atoms with Crippen LogP contribution in [-0.2, 0) is 13.0 Å². The second kappa shape index (κ2) is 5.07. The van der Waals surface area contributed by atoms with Crippen molar-refractivity contribution in [3.05, 3.63) is 29.3 Å². The van der Waals surface area contributed by atoms with E-state index >= 15 is 0 Å². The molecule has 1 aromatic carbocycles. The van der Waals surface area contributed by atoms with Crippen LogP contribution in [0, 0.1) is 17.8 Å². The average molecular weight is 270 g/mol. The van der Waals surface area contributed by atoms with Gasteiger partial charge in [0.25, 0.3) is 0 Å². The van der Waals surface area contributed by atoms with E-state index in [4.69, 9.17) is 0 Å². The lowest BCUT2D eigenvalue weighted by molar-refractivity contribution is 0.214. The summed E-state index contributed by atoms with van der Waals surface area (Å²) in [5.74, 6) is 3.10. The monoisotopic (exact) mass is 270 g/mol. The van der Waals surface area contributed by atoms with Crippen molar-refractivity contribution in [2.45, 2.75) is 38.6 Å². The zero-order valence-corrected chi connectivity index (χ0v) is 12.6. The lowest BCUT2D eigenvalue weighted by atomic mass is 9.88. The molecule has 0 radical (unpaired) electrons. The fourth-order valence-corrected chi connectivity index (χ4v) is 4.83. The number of nitrogens with one attached hydrogen (secondary N) is 1. The topological polar surface area (TPSA) is 15.3 Å². The maximum absolute atomic E-state index is 3.44. The standard InChI is InChI=1S/C18H26N2/c1-20(12-17-9-13-2-4-15(17)8-13)11-14-3-5-18-16(10-14)6-7-19-18/h3,5,10,13,15,17,19H,2,4,6-9,11-12H2,1H3. The molecule has 2 nitrogen and oxygen atoms in total. The highest BCUT2D eigenvalue weighted by Gasteiger charge is 2.39. The SMILES string of the molecule is CN(Cc1ccc2c(c1)CCN2)CC1CC2CCC1C2. The molecule has 1 N–H and O–H groups in total. The second-order valence-corrected chi connectivity index (χ2v) is 7.30. The first-order valence-electron chi connectivity index (χ1n) is 8.32.